The number of likely N-dealkylation sites (tertiary alicyclic amines) is 1. The molecule has 0 N–H and O–H groups in total. The number of nitrogens with zero attached hydrogens (tertiary/aromatic N) is 1. The Balaban J connectivity index is 2.12. The van der Waals surface area contributed by atoms with Crippen LogP contribution in [0.15, 0.2) is 30.3 Å². The van der Waals surface area contributed by atoms with Crippen molar-refractivity contribution in [3.63, 3.8) is 0 Å². The molecular weight excluding hydrogens is 278 g/mol. The summed E-state index contributed by atoms with van der Waals surface area (Å²) < 4.78 is 0. The lowest BCUT2D eigenvalue weighted by Crippen LogP contribution is -2.33. The minimum Gasteiger partial charge on any atom is -0.299 e. The van der Waals surface area contributed by atoms with Crippen LogP contribution in [0.4, 0.5) is 0 Å². The van der Waals surface area contributed by atoms with Gasteiger partial charge in [0.2, 0.25) is 11.8 Å². The molecule has 2 amide bonds. The molecule has 2 rings (SSSR count). The first-order valence-electron chi connectivity index (χ1n) is 7.99. The maximum atomic E-state index is 12.6. The molecule has 0 aliphatic carbocycles. The summed E-state index contributed by atoms with van der Waals surface area (Å²) >= 11 is 0. The molecule has 0 bridgehead atoms. The van der Waals surface area contributed by atoms with Crippen molar-refractivity contribution < 1.29 is 14.4 Å². The predicted molar refractivity (Wildman–Crippen MR) is 83.8 cm³/mol. The van der Waals surface area contributed by atoms with E-state index < -0.39 is 5.92 Å². The van der Waals surface area contributed by atoms with Crippen molar-refractivity contribution in [1.29, 1.82) is 0 Å². The summed E-state index contributed by atoms with van der Waals surface area (Å²) in [6.07, 6.45) is 2.04. The molecule has 0 radical (unpaired) electrons. The van der Waals surface area contributed by atoms with Gasteiger partial charge in [-0.15, -0.1) is 0 Å². The van der Waals surface area contributed by atoms with Crippen LogP contribution in [0.3, 0.4) is 0 Å². The number of Topliss-reactive ketones (excluding diaryl/α,β-unsaturated/α-hetero) is 1. The molecule has 1 aliphatic heterocycles. The Morgan fingerprint density at radius 1 is 1.23 bits per heavy atom. The standard InChI is InChI=1S/C18H23NO3/c1-3-8-16(20)14(4-2)15-11-17(21)19(18(15)22)12-13-9-6-5-7-10-13/h5-7,9-10,14-15H,3-4,8,11-12H2,1-2H3. The molecule has 1 aliphatic rings. The van der Waals surface area contributed by atoms with Gasteiger partial charge in [0.25, 0.3) is 0 Å². The number of carbonyl (C=O) groups is 3. The van der Waals surface area contributed by atoms with Crippen molar-refractivity contribution in [3.05, 3.63) is 35.9 Å². The summed E-state index contributed by atoms with van der Waals surface area (Å²) in [5, 5.41) is 0. The molecule has 22 heavy (non-hydrogen) atoms. The monoisotopic (exact) mass is 301 g/mol. The number of hydrogen-bond donors (Lipinski definition) is 0. The van der Waals surface area contributed by atoms with Crippen LogP contribution in [0.5, 0.6) is 0 Å². The third-order valence-electron chi connectivity index (χ3n) is 4.30. The number of benzene rings is 1. The van der Waals surface area contributed by atoms with Gasteiger partial charge in [0, 0.05) is 18.8 Å². The van der Waals surface area contributed by atoms with Crippen molar-refractivity contribution in [2.24, 2.45) is 11.8 Å². The fourth-order valence-electron chi connectivity index (χ4n) is 3.12. The molecule has 2 atom stereocenters. The average molecular weight is 301 g/mol. The zero-order valence-electron chi connectivity index (χ0n) is 13.2. The smallest absolute Gasteiger partial charge is 0.233 e. The molecular formula is C18H23NO3. The Labute approximate surface area is 131 Å². The first-order chi connectivity index (χ1) is 10.6. The minimum atomic E-state index is -0.472. The van der Waals surface area contributed by atoms with Gasteiger partial charge < -0.3 is 0 Å². The Hall–Kier alpha value is -1.97. The van der Waals surface area contributed by atoms with E-state index in [-0.39, 0.29) is 29.9 Å². The van der Waals surface area contributed by atoms with Gasteiger partial charge >= 0.3 is 0 Å². The van der Waals surface area contributed by atoms with E-state index in [9.17, 15) is 14.4 Å². The molecule has 0 spiro atoms. The van der Waals surface area contributed by atoms with Crippen LogP contribution < -0.4 is 0 Å². The highest BCUT2D eigenvalue weighted by Gasteiger charge is 2.44. The van der Waals surface area contributed by atoms with Gasteiger partial charge in [-0.2, -0.15) is 0 Å². The number of imide groups is 1. The van der Waals surface area contributed by atoms with Gasteiger partial charge in [-0.05, 0) is 18.4 Å². The highest BCUT2D eigenvalue weighted by molar-refractivity contribution is 6.05. The lowest BCUT2D eigenvalue weighted by atomic mass is 9.84. The number of amides is 2. The van der Waals surface area contributed by atoms with Gasteiger partial charge in [0.15, 0.2) is 0 Å². The number of ketones is 1. The summed E-state index contributed by atoms with van der Waals surface area (Å²) in [4.78, 5) is 38.3. The number of rotatable bonds is 7. The van der Waals surface area contributed by atoms with E-state index in [0.717, 1.165) is 12.0 Å². The summed E-state index contributed by atoms with van der Waals surface area (Å²) in [6.45, 7) is 4.16. The largest absolute Gasteiger partial charge is 0.299 e. The van der Waals surface area contributed by atoms with Crippen molar-refractivity contribution in [3.8, 4) is 0 Å². The highest BCUT2D eigenvalue weighted by atomic mass is 16.2. The quantitative estimate of drug-likeness (QED) is 0.728. The maximum absolute atomic E-state index is 12.6. The highest BCUT2D eigenvalue weighted by Crippen LogP contribution is 2.31. The Kier molecular flexibility index (Phi) is 5.47. The molecule has 1 aromatic carbocycles. The van der Waals surface area contributed by atoms with Crippen molar-refractivity contribution >= 4 is 17.6 Å². The molecule has 4 heteroatoms. The van der Waals surface area contributed by atoms with E-state index in [1.807, 2.05) is 44.2 Å². The molecule has 4 nitrogen and oxygen atoms in total. The molecule has 1 saturated heterocycles. The van der Waals surface area contributed by atoms with Gasteiger partial charge in [-0.25, -0.2) is 0 Å². The Bertz CT molecular complexity index is 553. The predicted octanol–water partition coefficient (Wildman–Crippen LogP) is 2.96. The zero-order chi connectivity index (χ0) is 16.1. The lowest BCUT2D eigenvalue weighted by molar-refractivity contribution is -0.142. The van der Waals surface area contributed by atoms with Crippen LogP contribution in [0.1, 0.15) is 45.1 Å². The summed E-state index contributed by atoms with van der Waals surface area (Å²) in [5.74, 6) is -1.04. The van der Waals surface area contributed by atoms with Crippen molar-refractivity contribution in [2.45, 2.75) is 46.1 Å². The van der Waals surface area contributed by atoms with Crippen LogP contribution in [0.2, 0.25) is 0 Å². The van der Waals surface area contributed by atoms with E-state index in [4.69, 9.17) is 0 Å². The second-order valence-electron chi connectivity index (χ2n) is 5.85. The van der Waals surface area contributed by atoms with Crippen LogP contribution in [-0.2, 0) is 20.9 Å². The minimum absolute atomic E-state index is 0.109. The van der Waals surface area contributed by atoms with Crippen LogP contribution in [0.25, 0.3) is 0 Å². The van der Waals surface area contributed by atoms with Gasteiger partial charge in [-0.3, -0.25) is 19.3 Å². The average Bonchev–Trinajstić information content (AvgIpc) is 2.78. The van der Waals surface area contributed by atoms with Crippen LogP contribution in [-0.4, -0.2) is 22.5 Å². The first-order valence-corrected chi connectivity index (χ1v) is 7.99. The van der Waals surface area contributed by atoms with Crippen LogP contribution in [0, 0.1) is 11.8 Å². The first kappa shape index (κ1) is 16.4. The SMILES string of the molecule is CCCC(=O)C(CC)C1CC(=O)N(Cc2ccccc2)C1=O. The third kappa shape index (κ3) is 3.43. The van der Waals surface area contributed by atoms with E-state index in [1.165, 1.54) is 4.90 Å². The molecule has 1 fully saturated rings. The van der Waals surface area contributed by atoms with Gasteiger partial charge in [0.05, 0.1) is 12.5 Å². The zero-order valence-corrected chi connectivity index (χ0v) is 13.2. The lowest BCUT2D eigenvalue weighted by Gasteiger charge is -2.20. The van der Waals surface area contributed by atoms with Crippen LogP contribution >= 0.6 is 0 Å². The van der Waals surface area contributed by atoms with E-state index in [0.29, 0.717) is 19.4 Å². The molecule has 0 saturated carbocycles. The molecule has 0 aromatic heterocycles. The summed E-state index contributed by atoms with van der Waals surface area (Å²) in [7, 11) is 0. The molecule has 2 unspecified atom stereocenters. The second-order valence-corrected chi connectivity index (χ2v) is 5.85. The summed E-state index contributed by atoms with van der Waals surface area (Å²) in [5.41, 5.74) is 0.929. The Morgan fingerprint density at radius 3 is 2.50 bits per heavy atom. The van der Waals surface area contributed by atoms with Crippen molar-refractivity contribution in [2.75, 3.05) is 0 Å². The van der Waals surface area contributed by atoms with E-state index in [2.05, 4.69) is 0 Å². The maximum Gasteiger partial charge on any atom is 0.233 e. The second kappa shape index (κ2) is 7.34. The topological polar surface area (TPSA) is 54.5 Å². The fraction of sp³-hybridized carbons (Fsp3) is 0.500. The Morgan fingerprint density at radius 2 is 1.91 bits per heavy atom. The van der Waals surface area contributed by atoms with E-state index >= 15 is 0 Å². The normalized spacial score (nSPS) is 19.5. The molecule has 1 heterocycles. The fourth-order valence-corrected chi connectivity index (χ4v) is 3.12. The van der Waals surface area contributed by atoms with Gasteiger partial charge in [-0.1, -0.05) is 44.2 Å². The van der Waals surface area contributed by atoms with Gasteiger partial charge in [0.1, 0.15) is 5.78 Å². The summed E-state index contributed by atoms with van der Waals surface area (Å²) in [6, 6.07) is 9.46. The van der Waals surface area contributed by atoms with Crippen molar-refractivity contribution in [1.82, 2.24) is 4.90 Å². The van der Waals surface area contributed by atoms with E-state index in [1.54, 1.807) is 0 Å². The third-order valence-corrected chi connectivity index (χ3v) is 4.30. The molecule has 1 aromatic rings. The number of hydrogen-bond acceptors (Lipinski definition) is 3. The molecule has 118 valence electrons. The number of carbonyl (C=O) groups excluding carboxylic acids is 3.